The van der Waals surface area contributed by atoms with Gasteiger partial charge in [-0.3, -0.25) is 9.69 Å². The van der Waals surface area contributed by atoms with Gasteiger partial charge < -0.3 is 4.98 Å². The molecule has 6 heteroatoms. The molecule has 1 aliphatic rings. The van der Waals surface area contributed by atoms with Gasteiger partial charge in [-0.05, 0) is 25.5 Å². The van der Waals surface area contributed by atoms with Crippen LogP contribution < -0.4 is 5.56 Å². The van der Waals surface area contributed by atoms with Crippen molar-refractivity contribution in [2.75, 3.05) is 13.1 Å². The van der Waals surface area contributed by atoms with Gasteiger partial charge in [-0.15, -0.1) is 0 Å². The predicted molar refractivity (Wildman–Crippen MR) is 84.5 cm³/mol. The summed E-state index contributed by atoms with van der Waals surface area (Å²) in [5.41, 5.74) is 2.25. The Morgan fingerprint density at radius 2 is 2.04 bits per heavy atom. The lowest BCUT2D eigenvalue weighted by Gasteiger charge is -2.32. The first-order valence-electron chi connectivity index (χ1n) is 7.69. The number of alkyl halides is 2. The van der Waals surface area contributed by atoms with Crippen molar-refractivity contribution in [1.29, 1.82) is 0 Å². The standard InChI is InChI=1S/C17H19F2N3O/c1-12-9-15(23)21-16(20-12)14-5-3-13(4-6-14)10-22-8-2-7-17(18,19)11-22/h3-6,9H,2,7-8,10-11H2,1H3,(H,20,21,23). The fourth-order valence-corrected chi connectivity index (χ4v) is 2.92. The SMILES string of the molecule is Cc1cc(=O)[nH]c(-c2ccc(CN3CCCC(F)(F)C3)cc2)n1. The van der Waals surface area contributed by atoms with E-state index >= 15 is 0 Å². The normalized spacial score (nSPS) is 18.0. The third-order valence-electron chi connectivity index (χ3n) is 3.98. The minimum atomic E-state index is -2.58. The molecule has 1 N–H and O–H groups in total. The molecular formula is C17H19F2N3O. The van der Waals surface area contributed by atoms with E-state index in [4.69, 9.17) is 0 Å². The molecule has 0 spiro atoms. The summed E-state index contributed by atoms with van der Waals surface area (Å²) in [6, 6.07) is 8.94. The first-order chi connectivity index (χ1) is 10.9. The fourth-order valence-electron chi connectivity index (χ4n) is 2.92. The van der Waals surface area contributed by atoms with E-state index in [0.29, 0.717) is 31.0 Å². The molecule has 0 amide bonds. The third-order valence-corrected chi connectivity index (χ3v) is 3.98. The van der Waals surface area contributed by atoms with E-state index in [2.05, 4.69) is 9.97 Å². The number of nitrogens with zero attached hydrogens (tertiary/aromatic N) is 2. The summed E-state index contributed by atoms with van der Waals surface area (Å²) in [5, 5.41) is 0. The van der Waals surface area contributed by atoms with E-state index in [0.717, 1.165) is 11.1 Å². The van der Waals surface area contributed by atoms with Crippen LogP contribution in [0.2, 0.25) is 0 Å². The van der Waals surface area contributed by atoms with Crippen molar-refractivity contribution < 1.29 is 8.78 Å². The van der Waals surface area contributed by atoms with Crippen LogP contribution in [-0.2, 0) is 6.54 Å². The molecular weight excluding hydrogens is 300 g/mol. The molecule has 0 unspecified atom stereocenters. The first kappa shape index (κ1) is 15.8. The summed E-state index contributed by atoms with van der Waals surface area (Å²) < 4.78 is 26.9. The number of hydrogen-bond donors (Lipinski definition) is 1. The molecule has 2 heterocycles. The molecule has 3 rings (SSSR count). The van der Waals surface area contributed by atoms with E-state index in [1.165, 1.54) is 6.07 Å². The second-order valence-electron chi connectivity index (χ2n) is 6.10. The number of H-pyrrole nitrogens is 1. The van der Waals surface area contributed by atoms with Crippen LogP contribution in [0.25, 0.3) is 11.4 Å². The Morgan fingerprint density at radius 3 is 2.70 bits per heavy atom. The van der Waals surface area contributed by atoms with Crippen LogP contribution in [-0.4, -0.2) is 33.9 Å². The molecule has 23 heavy (non-hydrogen) atoms. The Labute approximate surface area is 133 Å². The molecule has 1 aromatic carbocycles. The highest BCUT2D eigenvalue weighted by atomic mass is 19.3. The fraction of sp³-hybridized carbons (Fsp3) is 0.412. The van der Waals surface area contributed by atoms with E-state index < -0.39 is 5.92 Å². The Hall–Kier alpha value is -2.08. The molecule has 0 radical (unpaired) electrons. The first-order valence-corrected chi connectivity index (χ1v) is 7.69. The summed E-state index contributed by atoms with van der Waals surface area (Å²) in [6.07, 6.45) is 0.508. The zero-order valence-corrected chi connectivity index (χ0v) is 13.0. The summed E-state index contributed by atoms with van der Waals surface area (Å²) in [6.45, 7) is 2.79. The highest BCUT2D eigenvalue weighted by molar-refractivity contribution is 5.55. The van der Waals surface area contributed by atoms with Gasteiger partial charge in [-0.2, -0.15) is 0 Å². The Bertz CT molecular complexity index is 740. The zero-order valence-electron chi connectivity index (χ0n) is 13.0. The summed E-state index contributed by atoms with van der Waals surface area (Å²) >= 11 is 0. The van der Waals surface area contributed by atoms with Crippen molar-refractivity contribution in [3.05, 3.63) is 51.9 Å². The van der Waals surface area contributed by atoms with E-state index in [-0.39, 0.29) is 18.5 Å². The number of halogens is 2. The van der Waals surface area contributed by atoms with E-state index in [1.807, 2.05) is 24.3 Å². The maximum absolute atomic E-state index is 13.4. The van der Waals surface area contributed by atoms with Crippen molar-refractivity contribution in [3.63, 3.8) is 0 Å². The van der Waals surface area contributed by atoms with Gasteiger partial charge in [0.15, 0.2) is 0 Å². The molecule has 1 fully saturated rings. The van der Waals surface area contributed by atoms with Crippen molar-refractivity contribution in [3.8, 4) is 11.4 Å². The lowest BCUT2D eigenvalue weighted by Crippen LogP contribution is -2.41. The van der Waals surface area contributed by atoms with Gasteiger partial charge in [0.2, 0.25) is 0 Å². The van der Waals surface area contributed by atoms with Gasteiger partial charge in [-0.25, -0.2) is 13.8 Å². The maximum Gasteiger partial charge on any atom is 0.260 e. The minimum Gasteiger partial charge on any atom is -0.307 e. The summed E-state index contributed by atoms with van der Waals surface area (Å²) in [5.74, 6) is -2.06. The molecule has 4 nitrogen and oxygen atoms in total. The molecule has 1 saturated heterocycles. The smallest absolute Gasteiger partial charge is 0.260 e. The molecule has 0 bridgehead atoms. The highest BCUT2D eigenvalue weighted by Crippen LogP contribution is 2.27. The summed E-state index contributed by atoms with van der Waals surface area (Å²) in [7, 11) is 0. The van der Waals surface area contributed by atoms with Gasteiger partial charge in [0, 0.05) is 30.3 Å². The molecule has 1 aromatic heterocycles. The second-order valence-corrected chi connectivity index (χ2v) is 6.10. The van der Waals surface area contributed by atoms with Crippen LogP contribution in [0.5, 0.6) is 0 Å². The number of hydrogen-bond acceptors (Lipinski definition) is 3. The van der Waals surface area contributed by atoms with Gasteiger partial charge in [0.25, 0.3) is 11.5 Å². The molecule has 0 saturated carbocycles. The number of nitrogens with one attached hydrogen (secondary N) is 1. The number of benzene rings is 1. The van der Waals surface area contributed by atoms with Gasteiger partial charge in [0.05, 0.1) is 6.54 Å². The largest absolute Gasteiger partial charge is 0.307 e. The number of aromatic amines is 1. The number of aryl methyl sites for hydroxylation is 1. The quantitative estimate of drug-likeness (QED) is 0.946. The van der Waals surface area contributed by atoms with Crippen LogP contribution in [0.4, 0.5) is 8.78 Å². The van der Waals surface area contributed by atoms with Crippen molar-refractivity contribution in [2.45, 2.75) is 32.2 Å². The van der Waals surface area contributed by atoms with Crippen LogP contribution in [0.15, 0.2) is 35.1 Å². The number of likely N-dealkylation sites (tertiary alicyclic amines) is 1. The van der Waals surface area contributed by atoms with Gasteiger partial charge >= 0.3 is 0 Å². The van der Waals surface area contributed by atoms with Gasteiger partial charge in [0.1, 0.15) is 5.82 Å². The van der Waals surface area contributed by atoms with Crippen molar-refractivity contribution >= 4 is 0 Å². The van der Waals surface area contributed by atoms with Crippen LogP contribution in [0.1, 0.15) is 24.1 Å². The molecule has 0 aliphatic carbocycles. The highest BCUT2D eigenvalue weighted by Gasteiger charge is 2.34. The second kappa shape index (κ2) is 6.20. The number of rotatable bonds is 3. The molecule has 122 valence electrons. The topological polar surface area (TPSA) is 49.0 Å². The Kier molecular flexibility index (Phi) is 4.26. The average molecular weight is 319 g/mol. The molecule has 2 aromatic rings. The van der Waals surface area contributed by atoms with Crippen LogP contribution in [0, 0.1) is 6.92 Å². The van der Waals surface area contributed by atoms with Crippen molar-refractivity contribution in [1.82, 2.24) is 14.9 Å². The zero-order chi connectivity index (χ0) is 16.4. The summed E-state index contributed by atoms with van der Waals surface area (Å²) in [4.78, 5) is 20.3. The minimum absolute atomic E-state index is 0.0190. The number of aromatic nitrogens is 2. The monoisotopic (exact) mass is 319 g/mol. The Balaban J connectivity index is 1.73. The van der Waals surface area contributed by atoms with Crippen molar-refractivity contribution in [2.24, 2.45) is 0 Å². The van der Waals surface area contributed by atoms with E-state index in [1.54, 1.807) is 11.8 Å². The van der Waals surface area contributed by atoms with Gasteiger partial charge in [-0.1, -0.05) is 24.3 Å². The predicted octanol–water partition coefficient (Wildman–Crippen LogP) is 2.98. The van der Waals surface area contributed by atoms with Crippen LogP contribution in [0.3, 0.4) is 0 Å². The Morgan fingerprint density at radius 1 is 1.30 bits per heavy atom. The van der Waals surface area contributed by atoms with E-state index in [9.17, 15) is 13.6 Å². The molecule has 0 atom stereocenters. The number of piperidine rings is 1. The average Bonchev–Trinajstić information content (AvgIpc) is 2.46. The third kappa shape index (κ3) is 4.01. The lowest BCUT2D eigenvalue weighted by atomic mass is 10.1. The van der Waals surface area contributed by atoms with Crippen LogP contribution >= 0.6 is 0 Å². The lowest BCUT2D eigenvalue weighted by molar-refractivity contribution is -0.0661. The maximum atomic E-state index is 13.4. The molecule has 1 aliphatic heterocycles.